The Hall–Kier alpha value is -0.465. The van der Waals surface area contributed by atoms with Gasteiger partial charge in [0, 0.05) is 86.5 Å². The van der Waals surface area contributed by atoms with E-state index in [1.165, 1.54) is 23.9 Å². The molecule has 13 heteroatoms. The molecule has 28 heavy (non-hydrogen) atoms. The Morgan fingerprint density at radius 2 is 2.07 bits per heavy atom. The number of aliphatic imine (C=N–C) groups is 1. The third kappa shape index (κ3) is 3.81. The summed E-state index contributed by atoms with van der Waals surface area (Å²) < 4.78 is 7.16. The van der Waals surface area contributed by atoms with Gasteiger partial charge >= 0.3 is 0 Å². The normalized spacial score (nSPS) is 27.4. The summed E-state index contributed by atoms with van der Waals surface area (Å²) in [7, 11) is 0. The Labute approximate surface area is 202 Å². The van der Waals surface area contributed by atoms with Gasteiger partial charge in [0.2, 0.25) is 0 Å². The van der Waals surface area contributed by atoms with Crippen LogP contribution in [0, 0.1) is 0 Å². The summed E-state index contributed by atoms with van der Waals surface area (Å²) in [6.45, 7) is 0.969. The van der Waals surface area contributed by atoms with E-state index in [2.05, 4.69) is 15.3 Å². The van der Waals surface area contributed by atoms with Crippen LogP contribution in [0.3, 0.4) is 0 Å². The van der Waals surface area contributed by atoms with Crippen molar-refractivity contribution < 1.29 is 83.3 Å². The molecule has 0 unspecified atom stereocenters. The van der Waals surface area contributed by atoms with Crippen LogP contribution in [0.25, 0.3) is 10.8 Å². The number of rotatable bonds is 2. The zero-order valence-corrected chi connectivity index (χ0v) is 23.3. The smallest absolute Gasteiger partial charge is 0.273 e. The Bertz CT molecular complexity index is 967. The molecule has 1 saturated heterocycles. The van der Waals surface area contributed by atoms with E-state index in [9.17, 15) is 20.1 Å². The van der Waals surface area contributed by atoms with Gasteiger partial charge in [0.25, 0.3) is 5.56 Å². The van der Waals surface area contributed by atoms with E-state index in [0.717, 1.165) is 0 Å². The maximum atomic E-state index is 11.8. The van der Waals surface area contributed by atoms with Crippen molar-refractivity contribution in [2.75, 3.05) is 17.7 Å². The average Bonchev–Trinajstić information content (AvgIpc) is 3.00. The zero-order valence-electron chi connectivity index (χ0n) is 14.5. The second-order valence-electron chi connectivity index (χ2n) is 6.33. The second kappa shape index (κ2) is 9.13. The van der Waals surface area contributed by atoms with Crippen LogP contribution in [0.1, 0.15) is 13.2 Å². The molecule has 0 spiro atoms. The zero-order chi connectivity index (χ0) is 17.9. The topological polar surface area (TPSA) is 155 Å². The minimum absolute atomic E-state index is 0. The Balaban J connectivity index is 0.00000131. The number of aromatic nitrogens is 2. The number of ether oxygens (including phenoxy) is 1. The molecular weight excluding hydrogens is 882 g/mol. The molecule has 0 aromatic carbocycles. The van der Waals surface area contributed by atoms with Crippen molar-refractivity contribution in [2.24, 2.45) is 4.99 Å². The number of nitrogen functional groups attached to an aromatic ring is 1. The number of hydrogen-bond donors (Lipinski definition) is 5. The summed E-state index contributed by atoms with van der Waals surface area (Å²) in [5.41, 5.74) is 4.02. The monoisotopic (exact) mass is 899 g/mol. The number of nitrogens with one attached hydrogen (secondary N) is 1. The predicted molar refractivity (Wildman–Crippen MR) is 89.8 cm³/mol. The fourth-order valence-corrected chi connectivity index (χ4v) is 3.33. The van der Waals surface area contributed by atoms with Crippen molar-refractivity contribution >= 4 is 34.4 Å². The molecule has 0 amide bonds. The van der Waals surface area contributed by atoms with Gasteiger partial charge in [-0.15, -0.1) is 0 Å². The Morgan fingerprint density at radius 1 is 1.39 bits per heavy atom. The molecule has 10 nitrogen and oxygen atoms in total. The first-order valence-corrected chi connectivity index (χ1v) is 7.65. The fourth-order valence-electron chi connectivity index (χ4n) is 3.33. The quantitative estimate of drug-likeness (QED) is 0.259. The van der Waals surface area contributed by atoms with Crippen molar-refractivity contribution in [2.45, 2.75) is 31.0 Å². The maximum Gasteiger partial charge on any atom is 0.273 e. The van der Waals surface area contributed by atoms with E-state index in [0.29, 0.717) is 16.6 Å². The number of nitrogens with zero attached hydrogens (tertiary/aromatic N) is 3. The number of hydrogen-bond acceptors (Lipinski definition) is 9. The van der Waals surface area contributed by atoms with Gasteiger partial charge in [-0.1, -0.05) is 0 Å². The molecular formula is C15H17N5O5W3. The van der Waals surface area contributed by atoms with Crippen LogP contribution >= 0.6 is 0 Å². The molecule has 0 bridgehead atoms. The number of aliphatic hydroxyl groups excluding tert-OH is 2. The van der Waals surface area contributed by atoms with Crippen LogP contribution in [0.4, 0.5) is 17.3 Å². The minimum atomic E-state index is -1.67. The number of anilines is 2. The van der Waals surface area contributed by atoms with E-state index in [4.69, 9.17) is 10.5 Å². The minimum Gasteiger partial charge on any atom is -0.398 e. The van der Waals surface area contributed by atoms with E-state index >= 15 is 0 Å². The third-order valence-corrected chi connectivity index (χ3v) is 4.63. The molecule has 2 aromatic heterocycles. The summed E-state index contributed by atoms with van der Waals surface area (Å²) in [6, 6.07) is 1.20. The molecule has 0 radical (unpaired) electrons. The number of nitrogens with two attached hydrogens (primary N) is 1. The summed E-state index contributed by atoms with van der Waals surface area (Å²) in [5, 5.41) is 34.1. The Kier molecular flexibility index (Phi) is 8.34. The summed E-state index contributed by atoms with van der Waals surface area (Å²) in [4.78, 5) is 20.0. The molecule has 0 aliphatic carbocycles. The summed E-state index contributed by atoms with van der Waals surface area (Å²) in [6.07, 6.45) is -0.296. The standard InChI is InChI=1S/C15H17N5O5.3W/c1-15(24)11(23)8(4-21)25-14(15)20-3-6-7(16)2-9(22)19-12-10(6)13(20)18-5-17-12;;;/h2-3,5,8,11,14,21,23-24H,4,16H2,1H3,(H,17,18,19,22);;;/t8-,11-,14-,15-;;;/m1.../s1. The van der Waals surface area contributed by atoms with Crippen molar-refractivity contribution in [1.29, 1.82) is 0 Å². The molecule has 2 aromatic rings. The average molecular weight is 899 g/mol. The van der Waals surface area contributed by atoms with Gasteiger partial charge in [-0.3, -0.25) is 4.79 Å². The van der Waals surface area contributed by atoms with E-state index in [1.807, 2.05) is 0 Å². The molecule has 2 aliphatic heterocycles. The van der Waals surface area contributed by atoms with Gasteiger partial charge in [0.15, 0.2) is 6.23 Å². The molecule has 4 rings (SSSR count). The van der Waals surface area contributed by atoms with Crippen LogP contribution in [0.15, 0.2) is 22.1 Å². The number of aliphatic hydroxyl groups is 3. The first kappa shape index (κ1) is 25.6. The van der Waals surface area contributed by atoms with Gasteiger partial charge in [-0.2, -0.15) is 4.98 Å². The third-order valence-electron chi connectivity index (χ3n) is 4.63. The molecule has 6 N–H and O–H groups in total. The van der Waals surface area contributed by atoms with Gasteiger partial charge in [0.05, 0.1) is 18.3 Å². The van der Waals surface area contributed by atoms with E-state index < -0.39 is 36.2 Å². The van der Waals surface area contributed by atoms with E-state index in [1.54, 1.807) is 6.20 Å². The molecule has 150 valence electrons. The van der Waals surface area contributed by atoms with Crippen molar-refractivity contribution in [1.82, 2.24) is 9.55 Å². The first-order valence-electron chi connectivity index (χ1n) is 7.65. The summed E-state index contributed by atoms with van der Waals surface area (Å²) in [5.74, 6) is 0.659. The van der Waals surface area contributed by atoms with Gasteiger partial charge in [0.1, 0.15) is 29.4 Å². The van der Waals surface area contributed by atoms with E-state index in [-0.39, 0.29) is 74.7 Å². The van der Waals surface area contributed by atoms with Crippen LogP contribution in [-0.2, 0) is 67.9 Å². The van der Waals surface area contributed by atoms with Gasteiger partial charge in [-0.25, -0.2) is 4.99 Å². The molecule has 4 atom stereocenters. The first-order chi connectivity index (χ1) is 11.8. The SMILES string of the molecule is C[C@@]1(O)[C@H](O)[C@@H](CO)O[C@H]1n1cc2c(N)cc(=O)nc3c2c1N=CN3.[W].[W].[W]. The Morgan fingerprint density at radius 3 is 2.68 bits per heavy atom. The van der Waals surface area contributed by atoms with Crippen molar-refractivity contribution in [3.8, 4) is 0 Å². The fraction of sp³-hybridized carbons (Fsp3) is 0.400. The summed E-state index contributed by atoms with van der Waals surface area (Å²) >= 11 is 0. The van der Waals surface area contributed by atoms with Crippen LogP contribution in [0.5, 0.6) is 0 Å². The second-order valence-corrected chi connectivity index (χ2v) is 6.33. The van der Waals surface area contributed by atoms with Gasteiger partial charge < -0.3 is 35.7 Å². The van der Waals surface area contributed by atoms with Crippen molar-refractivity contribution in [3.05, 3.63) is 22.6 Å². The van der Waals surface area contributed by atoms with Gasteiger partial charge in [-0.05, 0) is 6.92 Å². The van der Waals surface area contributed by atoms with Crippen LogP contribution in [0.2, 0.25) is 0 Å². The molecule has 4 heterocycles. The predicted octanol–water partition coefficient (Wildman–Crippen LogP) is -0.942. The van der Waals surface area contributed by atoms with Crippen LogP contribution in [-0.4, -0.2) is 55.6 Å². The van der Waals surface area contributed by atoms with Crippen molar-refractivity contribution in [3.63, 3.8) is 0 Å². The largest absolute Gasteiger partial charge is 0.398 e. The molecule has 0 saturated carbocycles. The van der Waals surface area contributed by atoms with Crippen LogP contribution < -0.4 is 16.6 Å². The molecule has 1 fully saturated rings. The molecule has 2 aliphatic rings. The maximum absolute atomic E-state index is 11.8.